The third-order valence-corrected chi connectivity index (χ3v) is 11.8. The zero-order valence-corrected chi connectivity index (χ0v) is 46.8. The first-order valence-electron chi connectivity index (χ1n) is 29.3. The van der Waals surface area contributed by atoms with Gasteiger partial charge in [-0.3, -0.25) is 14.4 Å². The topological polar surface area (TPSA) is 78.9 Å². The molecule has 0 radical (unpaired) electrons. The fourth-order valence-electron chi connectivity index (χ4n) is 7.56. The Labute approximate surface area is 448 Å². The molecule has 0 N–H and O–H groups in total. The van der Waals surface area contributed by atoms with E-state index in [2.05, 4.69) is 154 Å². The minimum absolute atomic E-state index is 0.114. The van der Waals surface area contributed by atoms with Crippen molar-refractivity contribution in [1.29, 1.82) is 0 Å². The van der Waals surface area contributed by atoms with Crippen molar-refractivity contribution in [2.24, 2.45) is 0 Å². The van der Waals surface area contributed by atoms with E-state index in [1.165, 1.54) is 64.2 Å². The van der Waals surface area contributed by atoms with E-state index in [1.807, 2.05) is 12.2 Å². The molecule has 0 aliphatic heterocycles. The molecule has 0 fully saturated rings. The van der Waals surface area contributed by atoms with E-state index in [9.17, 15) is 14.4 Å². The van der Waals surface area contributed by atoms with Crippen LogP contribution in [0.3, 0.4) is 0 Å². The molecule has 0 aromatic rings. The Morgan fingerprint density at radius 2 is 0.521 bits per heavy atom. The van der Waals surface area contributed by atoms with Crippen LogP contribution in [0.25, 0.3) is 0 Å². The summed E-state index contributed by atoms with van der Waals surface area (Å²) in [5, 5.41) is 0. The third kappa shape index (κ3) is 58.1. The van der Waals surface area contributed by atoms with Crippen molar-refractivity contribution in [3.63, 3.8) is 0 Å². The number of hydrogen-bond acceptors (Lipinski definition) is 6. The summed E-state index contributed by atoms with van der Waals surface area (Å²) in [7, 11) is 0. The van der Waals surface area contributed by atoms with Crippen molar-refractivity contribution >= 4 is 17.9 Å². The summed E-state index contributed by atoms with van der Waals surface area (Å²) in [5.41, 5.74) is 0. The Morgan fingerprint density at radius 3 is 0.849 bits per heavy atom. The summed E-state index contributed by atoms with van der Waals surface area (Å²) in [6.07, 6.45) is 85.7. The van der Waals surface area contributed by atoms with Gasteiger partial charge in [0.2, 0.25) is 0 Å². The highest BCUT2D eigenvalue weighted by atomic mass is 16.6. The van der Waals surface area contributed by atoms with Crippen molar-refractivity contribution in [1.82, 2.24) is 0 Å². The fourth-order valence-corrected chi connectivity index (χ4v) is 7.56. The van der Waals surface area contributed by atoms with Gasteiger partial charge in [0.05, 0.1) is 0 Å². The maximum atomic E-state index is 12.9. The number of carbonyl (C=O) groups is 3. The molecule has 410 valence electrons. The first kappa shape index (κ1) is 68.3. The molecule has 1 atom stereocenters. The molecule has 1 unspecified atom stereocenters. The monoisotopic (exact) mass is 1010 g/mol. The quantitative estimate of drug-likeness (QED) is 0.0261. The number of rotatable bonds is 51. The average Bonchev–Trinajstić information content (AvgIpc) is 3.39. The number of hydrogen-bond donors (Lipinski definition) is 0. The second-order valence-corrected chi connectivity index (χ2v) is 18.8. The molecule has 6 heteroatoms. The smallest absolute Gasteiger partial charge is 0.306 e. The van der Waals surface area contributed by atoms with Gasteiger partial charge in [0, 0.05) is 19.3 Å². The van der Waals surface area contributed by atoms with E-state index in [0.29, 0.717) is 19.3 Å². The van der Waals surface area contributed by atoms with Gasteiger partial charge in [0.25, 0.3) is 0 Å². The van der Waals surface area contributed by atoms with E-state index < -0.39 is 6.10 Å². The molecule has 0 spiro atoms. The molecule has 6 nitrogen and oxygen atoms in total. The van der Waals surface area contributed by atoms with E-state index in [1.54, 1.807) is 0 Å². The Bertz CT molecular complexity index is 1630. The molecular formula is C67H106O6. The van der Waals surface area contributed by atoms with Gasteiger partial charge in [-0.15, -0.1) is 0 Å². The number of allylic oxidation sites excluding steroid dienone is 24. The minimum atomic E-state index is -0.823. The zero-order valence-electron chi connectivity index (χ0n) is 46.8. The third-order valence-electron chi connectivity index (χ3n) is 11.8. The van der Waals surface area contributed by atoms with Gasteiger partial charge in [0.1, 0.15) is 13.2 Å². The maximum absolute atomic E-state index is 12.9. The second kappa shape index (κ2) is 59.8. The maximum Gasteiger partial charge on any atom is 0.306 e. The minimum Gasteiger partial charge on any atom is -0.462 e. The molecule has 0 aliphatic rings. The number of unbranched alkanes of at least 4 members (excludes halogenated alkanes) is 16. The van der Waals surface area contributed by atoms with Crippen LogP contribution in [0, 0.1) is 0 Å². The zero-order chi connectivity index (χ0) is 52.9. The van der Waals surface area contributed by atoms with Crippen molar-refractivity contribution in [3.05, 3.63) is 146 Å². The van der Waals surface area contributed by atoms with Gasteiger partial charge < -0.3 is 14.2 Å². The van der Waals surface area contributed by atoms with Gasteiger partial charge in [-0.05, 0) is 122 Å². The molecule has 0 aromatic carbocycles. The average molecular weight is 1010 g/mol. The van der Waals surface area contributed by atoms with Crippen molar-refractivity contribution < 1.29 is 28.6 Å². The Morgan fingerprint density at radius 1 is 0.274 bits per heavy atom. The summed E-state index contributed by atoms with van der Waals surface area (Å²) in [4.78, 5) is 38.2. The summed E-state index contributed by atoms with van der Waals surface area (Å²) in [6, 6.07) is 0. The summed E-state index contributed by atoms with van der Waals surface area (Å²) in [5.74, 6) is -1.02. The molecule has 0 saturated heterocycles. The van der Waals surface area contributed by atoms with Crippen molar-refractivity contribution in [2.45, 2.75) is 245 Å². The molecule has 0 aliphatic carbocycles. The molecule has 0 rings (SSSR count). The van der Waals surface area contributed by atoms with Gasteiger partial charge >= 0.3 is 17.9 Å². The van der Waals surface area contributed by atoms with Gasteiger partial charge in [-0.1, -0.05) is 244 Å². The lowest BCUT2D eigenvalue weighted by atomic mass is 10.1. The second-order valence-electron chi connectivity index (χ2n) is 18.8. The van der Waals surface area contributed by atoms with E-state index in [0.717, 1.165) is 128 Å². The van der Waals surface area contributed by atoms with Gasteiger partial charge in [-0.2, -0.15) is 0 Å². The van der Waals surface area contributed by atoms with Crippen LogP contribution < -0.4 is 0 Å². The van der Waals surface area contributed by atoms with Crippen LogP contribution in [0.5, 0.6) is 0 Å². The Hall–Kier alpha value is -4.71. The lowest BCUT2D eigenvalue weighted by molar-refractivity contribution is -0.166. The Balaban J connectivity index is 4.45. The van der Waals surface area contributed by atoms with Crippen LogP contribution in [0.1, 0.15) is 239 Å². The van der Waals surface area contributed by atoms with Gasteiger partial charge in [0.15, 0.2) is 6.10 Å². The molecule has 73 heavy (non-hydrogen) atoms. The van der Waals surface area contributed by atoms with Crippen molar-refractivity contribution in [3.8, 4) is 0 Å². The van der Waals surface area contributed by atoms with Crippen LogP contribution in [-0.2, 0) is 28.6 Å². The molecule has 0 saturated carbocycles. The standard InChI is InChI=1S/C67H106O6/c1-4-7-10-13-16-19-22-25-27-29-31-32-33-34-36-37-39-42-45-48-51-54-57-60-66(69)72-63-64(62-71-65(68)59-56-53-50-47-44-41-24-21-18-15-12-9-6-3)73-67(70)61-58-55-52-49-46-43-40-38-35-30-28-26-23-20-17-14-11-8-5-2/h7-12,16-21,25-28,31-32,35,38,41,44,50,53,64H,4-6,13-15,22-24,29-30,33-34,36-37,39-40,42-43,45-49,51-52,54-63H2,1-3H3/b10-7-,11-8-,12-9-,19-16-,20-17-,21-18-,27-25-,28-26-,32-31-,38-35-,44-41-,53-50-. The highest BCUT2D eigenvalue weighted by molar-refractivity contribution is 5.71. The SMILES string of the molecule is CC/C=C\C/C=C\C/C=C\C/C=C\CCCCCCCCCCCCC(=O)OCC(COC(=O)CC/C=C\C/C=C\C/C=C\C/C=C\CC)OC(=O)CCCCCCCC/C=C\C/C=C\C/C=C\C/C=C\CC. The van der Waals surface area contributed by atoms with Crippen LogP contribution >= 0.6 is 0 Å². The molecular weight excluding hydrogens is 901 g/mol. The largest absolute Gasteiger partial charge is 0.462 e. The van der Waals surface area contributed by atoms with Gasteiger partial charge in [-0.25, -0.2) is 0 Å². The fraction of sp³-hybridized carbons (Fsp3) is 0.597. The molecule has 0 bridgehead atoms. The van der Waals surface area contributed by atoms with Crippen LogP contribution in [-0.4, -0.2) is 37.2 Å². The lowest BCUT2D eigenvalue weighted by Gasteiger charge is -2.18. The number of carbonyl (C=O) groups excluding carboxylic acids is 3. The van der Waals surface area contributed by atoms with Crippen LogP contribution in [0.2, 0.25) is 0 Å². The normalized spacial score (nSPS) is 13.2. The van der Waals surface area contributed by atoms with E-state index >= 15 is 0 Å². The molecule has 0 aromatic heterocycles. The molecule has 0 amide bonds. The lowest BCUT2D eigenvalue weighted by Crippen LogP contribution is -2.30. The number of esters is 3. The molecule has 0 heterocycles. The van der Waals surface area contributed by atoms with Crippen LogP contribution in [0.4, 0.5) is 0 Å². The van der Waals surface area contributed by atoms with Crippen LogP contribution in [0.15, 0.2) is 146 Å². The first-order valence-corrected chi connectivity index (χ1v) is 29.3. The summed E-state index contributed by atoms with van der Waals surface area (Å²) in [6.45, 7) is 6.21. The van der Waals surface area contributed by atoms with E-state index in [4.69, 9.17) is 14.2 Å². The van der Waals surface area contributed by atoms with E-state index in [-0.39, 0.29) is 37.5 Å². The highest BCUT2D eigenvalue weighted by Gasteiger charge is 2.19. The summed E-state index contributed by atoms with van der Waals surface area (Å²) >= 11 is 0. The predicted molar refractivity (Wildman–Crippen MR) is 315 cm³/mol. The first-order chi connectivity index (χ1) is 36.0. The number of ether oxygens (including phenoxy) is 3. The predicted octanol–water partition coefficient (Wildman–Crippen LogP) is 20.0. The highest BCUT2D eigenvalue weighted by Crippen LogP contribution is 2.14. The van der Waals surface area contributed by atoms with Crippen molar-refractivity contribution in [2.75, 3.05) is 13.2 Å². The summed E-state index contributed by atoms with van der Waals surface area (Å²) < 4.78 is 16.8. The Kier molecular flexibility index (Phi) is 56.0.